The second kappa shape index (κ2) is 8.46. The van der Waals surface area contributed by atoms with Crippen molar-refractivity contribution in [2.45, 2.75) is 20.3 Å². The normalized spacial score (nSPS) is 11.7. The zero-order valence-electron chi connectivity index (χ0n) is 17.7. The minimum Gasteiger partial charge on any atom is -0.493 e. The summed E-state index contributed by atoms with van der Waals surface area (Å²) in [6.07, 6.45) is 1.01. The Morgan fingerprint density at radius 2 is 1.60 bits per heavy atom. The average molecular weight is 399 g/mol. The molecule has 0 spiro atoms. The first-order valence-electron chi connectivity index (χ1n) is 10.0. The van der Waals surface area contributed by atoms with E-state index in [0.717, 1.165) is 45.3 Å². The summed E-state index contributed by atoms with van der Waals surface area (Å²) >= 11 is 0. The van der Waals surface area contributed by atoms with Gasteiger partial charge in [-0.25, -0.2) is 4.99 Å². The Morgan fingerprint density at radius 1 is 0.833 bits per heavy atom. The summed E-state index contributed by atoms with van der Waals surface area (Å²) in [4.78, 5) is 4.93. The Hall–Kier alpha value is -3.53. The van der Waals surface area contributed by atoms with Gasteiger partial charge in [0.25, 0.3) is 0 Å². The molecular weight excluding hydrogens is 374 g/mol. The lowest BCUT2D eigenvalue weighted by Crippen LogP contribution is -2.03. The smallest absolute Gasteiger partial charge is 0.161 e. The van der Waals surface area contributed by atoms with E-state index in [0.29, 0.717) is 11.5 Å². The van der Waals surface area contributed by atoms with Crippen molar-refractivity contribution in [1.29, 1.82) is 0 Å². The molecule has 0 aliphatic rings. The van der Waals surface area contributed by atoms with Crippen molar-refractivity contribution < 1.29 is 13.9 Å². The fourth-order valence-electron chi connectivity index (χ4n) is 3.45. The first kappa shape index (κ1) is 19.8. The van der Waals surface area contributed by atoms with E-state index in [9.17, 15) is 0 Å². The van der Waals surface area contributed by atoms with Crippen LogP contribution in [0.2, 0.25) is 0 Å². The van der Waals surface area contributed by atoms with Crippen LogP contribution < -0.4 is 14.8 Å². The van der Waals surface area contributed by atoms with E-state index < -0.39 is 0 Å². The number of ether oxygens (including phenoxy) is 2. The minimum absolute atomic E-state index is 0.655. The largest absolute Gasteiger partial charge is 0.493 e. The van der Waals surface area contributed by atoms with Gasteiger partial charge in [0.05, 0.1) is 25.3 Å². The third kappa shape index (κ3) is 3.94. The second-order valence-electron chi connectivity index (χ2n) is 7.20. The van der Waals surface area contributed by atoms with Gasteiger partial charge in [-0.05, 0) is 61.4 Å². The molecule has 4 rings (SSSR count). The zero-order chi connectivity index (χ0) is 21.1. The van der Waals surface area contributed by atoms with Crippen molar-refractivity contribution in [2.24, 2.45) is 4.99 Å². The van der Waals surface area contributed by atoms with Crippen LogP contribution in [-0.2, 0) is 6.42 Å². The van der Waals surface area contributed by atoms with Crippen LogP contribution in [0.4, 0.5) is 5.69 Å². The van der Waals surface area contributed by atoms with Crippen molar-refractivity contribution in [3.05, 3.63) is 83.2 Å². The molecule has 30 heavy (non-hydrogen) atoms. The zero-order valence-corrected chi connectivity index (χ0v) is 17.7. The summed E-state index contributed by atoms with van der Waals surface area (Å²) in [7, 11) is 3.25. The molecular formula is C26H25NO3. The van der Waals surface area contributed by atoms with E-state index in [2.05, 4.69) is 44.2 Å². The molecule has 0 saturated carbocycles. The van der Waals surface area contributed by atoms with Gasteiger partial charge in [-0.2, -0.15) is 0 Å². The molecule has 152 valence electrons. The predicted octanol–water partition coefficient (Wildman–Crippen LogP) is 6.22. The average Bonchev–Trinajstić information content (AvgIpc) is 2.79. The topological polar surface area (TPSA) is 44.0 Å². The molecule has 4 aromatic rings. The summed E-state index contributed by atoms with van der Waals surface area (Å²) in [6.45, 7) is 4.22. The number of hydrogen-bond acceptors (Lipinski definition) is 4. The van der Waals surface area contributed by atoms with Crippen LogP contribution in [0.15, 0.2) is 76.1 Å². The fourth-order valence-corrected chi connectivity index (χ4v) is 3.45. The molecule has 0 radical (unpaired) electrons. The van der Waals surface area contributed by atoms with Crippen molar-refractivity contribution in [3.8, 4) is 22.8 Å². The number of benzene rings is 3. The molecule has 0 unspecified atom stereocenters. The summed E-state index contributed by atoms with van der Waals surface area (Å²) in [6, 6.07) is 22.2. The maximum atomic E-state index is 6.23. The van der Waals surface area contributed by atoms with Crippen molar-refractivity contribution >= 4 is 16.7 Å². The van der Waals surface area contributed by atoms with E-state index in [1.165, 1.54) is 5.56 Å². The predicted molar refractivity (Wildman–Crippen MR) is 121 cm³/mol. The van der Waals surface area contributed by atoms with Crippen molar-refractivity contribution in [2.75, 3.05) is 14.2 Å². The molecule has 3 aromatic carbocycles. The summed E-state index contributed by atoms with van der Waals surface area (Å²) in [5, 5.41) is 1.85. The van der Waals surface area contributed by atoms with Gasteiger partial charge in [-0.15, -0.1) is 0 Å². The van der Waals surface area contributed by atoms with Gasteiger partial charge < -0.3 is 13.9 Å². The standard InChI is InChI=1S/C26H25NO3/c1-5-18-7-10-20(11-8-18)27-22-16-25(30-23-12-6-17(2)14-21(22)23)19-9-13-24(28-3)26(15-19)29-4/h6-16H,5H2,1-4H3. The Labute approximate surface area is 176 Å². The molecule has 1 heterocycles. The van der Waals surface area contributed by atoms with Crippen molar-refractivity contribution in [3.63, 3.8) is 0 Å². The molecule has 4 nitrogen and oxygen atoms in total. The van der Waals surface area contributed by atoms with E-state index >= 15 is 0 Å². The lowest BCUT2D eigenvalue weighted by molar-refractivity contribution is 0.355. The van der Waals surface area contributed by atoms with Crippen LogP contribution in [0.5, 0.6) is 11.5 Å². The summed E-state index contributed by atoms with van der Waals surface area (Å²) in [5.41, 5.74) is 5.06. The van der Waals surface area contributed by atoms with Crippen LogP contribution in [-0.4, -0.2) is 14.2 Å². The number of rotatable bonds is 5. The summed E-state index contributed by atoms with van der Waals surface area (Å²) in [5.74, 6) is 2.05. The molecule has 0 amide bonds. The number of hydrogen-bond donors (Lipinski definition) is 0. The Bertz CT molecular complexity index is 1250. The molecule has 1 aromatic heterocycles. The SMILES string of the molecule is CCc1ccc(N=c2cc(-c3ccc(OC)c(OC)c3)oc3ccc(C)cc23)cc1. The lowest BCUT2D eigenvalue weighted by atomic mass is 10.1. The third-order valence-corrected chi connectivity index (χ3v) is 5.16. The second-order valence-corrected chi connectivity index (χ2v) is 7.20. The highest BCUT2D eigenvalue weighted by Gasteiger charge is 2.10. The molecule has 0 atom stereocenters. The molecule has 0 aliphatic heterocycles. The summed E-state index contributed by atoms with van der Waals surface area (Å²) < 4.78 is 17.1. The van der Waals surface area contributed by atoms with Gasteiger partial charge in [-0.3, -0.25) is 0 Å². The first-order valence-corrected chi connectivity index (χ1v) is 10.0. The number of fused-ring (bicyclic) bond motifs is 1. The van der Waals surface area contributed by atoms with Crippen molar-refractivity contribution in [1.82, 2.24) is 0 Å². The molecule has 0 saturated heterocycles. The first-order chi connectivity index (χ1) is 14.6. The fraction of sp³-hybridized carbons (Fsp3) is 0.192. The van der Waals surface area contributed by atoms with Gasteiger partial charge in [-0.1, -0.05) is 30.7 Å². The Balaban J connectivity index is 1.92. The molecule has 0 aliphatic carbocycles. The molecule has 0 bridgehead atoms. The van der Waals surface area contributed by atoms with Crippen LogP contribution in [0.25, 0.3) is 22.3 Å². The highest BCUT2D eigenvalue weighted by molar-refractivity contribution is 5.79. The number of methoxy groups -OCH3 is 2. The van der Waals surface area contributed by atoms with Crippen LogP contribution in [0, 0.1) is 6.92 Å². The maximum Gasteiger partial charge on any atom is 0.161 e. The van der Waals surface area contributed by atoms with Crippen LogP contribution in [0.1, 0.15) is 18.1 Å². The van der Waals surface area contributed by atoms with Gasteiger partial charge in [0.15, 0.2) is 11.5 Å². The number of aryl methyl sites for hydroxylation is 2. The van der Waals surface area contributed by atoms with Gasteiger partial charge in [0.2, 0.25) is 0 Å². The Morgan fingerprint density at radius 3 is 2.30 bits per heavy atom. The quantitative estimate of drug-likeness (QED) is 0.400. The van der Waals surface area contributed by atoms with E-state index in [4.69, 9.17) is 18.9 Å². The Kier molecular flexibility index (Phi) is 5.57. The highest BCUT2D eigenvalue weighted by atomic mass is 16.5. The molecule has 0 N–H and O–H groups in total. The van der Waals surface area contributed by atoms with Crippen LogP contribution in [0.3, 0.4) is 0 Å². The van der Waals surface area contributed by atoms with E-state index in [-0.39, 0.29) is 0 Å². The van der Waals surface area contributed by atoms with Gasteiger partial charge in [0.1, 0.15) is 11.3 Å². The van der Waals surface area contributed by atoms with E-state index in [1.807, 2.05) is 36.4 Å². The minimum atomic E-state index is 0.655. The molecule has 4 heteroatoms. The number of nitrogens with zero attached hydrogens (tertiary/aromatic N) is 1. The van der Waals surface area contributed by atoms with Gasteiger partial charge >= 0.3 is 0 Å². The maximum absolute atomic E-state index is 6.23. The highest BCUT2D eigenvalue weighted by Crippen LogP contribution is 2.33. The monoisotopic (exact) mass is 399 g/mol. The van der Waals surface area contributed by atoms with E-state index in [1.54, 1.807) is 14.2 Å². The van der Waals surface area contributed by atoms with Gasteiger partial charge in [0, 0.05) is 17.0 Å². The lowest BCUT2D eigenvalue weighted by Gasteiger charge is -2.10. The molecule has 0 fully saturated rings. The van der Waals surface area contributed by atoms with Crippen LogP contribution >= 0.6 is 0 Å². The third-order valence-electron chi connectivity index (χ3n) is 5.16.